The molecule has 0 aliphatic heterocycles. The molecule has 0 aromatic heterocycles. The molecule has 1 unspecified atom stereocenters. The van der Waals surface area contributed by atoms with Gasteiger partial charge in [-0.25, -0.2) is 0 Å². The molecule has 1 nitrogen and oxygen atoms in total. The van der Waals surface area contributed by atoms with Gasteiger partial charge in [0.05, 0.1) is 0 Å². The molecule has 0 aliphatic carbocycles. The van der Waals surface area contributed by atoms with Crippen LogP contribution in [-0.2, 0) is 4.79 Å². The van der Waals surface area contributed by atoms with Crippen molar-refractivity contribution in [1.29, 1.82) is 0 Å². The van der Waals surface area contributed by atoms with Crippen molar-refractivity contribution in [3.8, 4) is 0 Å². The van der Waals surface area contributed by atoms with Gasteiger partial charge in [0.25, 0.3) is 0 Å². The largest absolute Gasteiger partial charge is 0.279 e. The van der Waals surface area contributed by atoms with E-state index in [9.17, 15) is 4.79 Å². The topological polar surface area (TPSA) is 17.1 Å². The van der Waals surface area contributed by atoms with Crippen LogP contribution < -0.4 is 0 Å². The Morgan fingerprint density at radius 1 is 1.00 bits per heavy atom. The summed E-state index contributed by atoms with van der Waals surface area (Å²) in [6, 6.07) is 0. The molecule has 3 heteroatoms. The van der Waals surface area contributed by atoms with E-state index in [-0.39, 0.29) is 5.24 Å². The van der Waals surface area contributed by atoms with E-state index in [1.54, 1.807) is 0 Å². The van der Waals surface area contributed by atoms with Crippen LogP contribution in [0, 0.1) is 0 Å². The van der Waals surface area contributed by atoms with E-state index in [0.717, 1.165) is 32.1 Å². The normalized spacial score (nSPS) is 14.9. The Morgan fingerprint density at radius 3 is 2.00 bits per heavy atom. The van der Waals surface area contributed by atoms with Gasteiger partial charge >= 0.3 is 0 Å². The molecule has 15 heavy (non-hydrogen) atoms. The van der Waals surface area contributed by atoms with E-state index in [4.69, 9.17) is 23.2 Å². The zero-order chi connectivity index (χ0) is 11.7. The van der Waals surface area contributed by atoms with Gasteiger partial charge in [-0.2, -0.15) is 0 Å². The minimum absolute atomic E-state index is 0.380. The molecule has 0 aliphatic rings. The van der Waals surface area contributed by atoms with Crippen molar-refractivity contribution in [2.45, 2.75) is 70.1 Å². The zero-order valence-corrected chi connectivity index (χ0v) is 11.3. The van der Waals surface area contributed by atoms with Crippen LogP contribution in [0.3, 0.4) is 0 Å². The lowest BCUT2D eigenvalue weighted by Crippen LogP contribution is -2.28. The summed E-state index contributed by atoms with van der Waals surface area (Å²) in [5.74, 6) is 0. The summed E-state index contributed by atoms with van der Waals surface area (Å²) in [5.41, 5.74) is 0. The fraction of sp³-hybridized carbons (Fsp3) is 0.917. The van der Waals surface area contributed by atoms with Gasteiger partial charge < -0.3 is 0 Å². The fourth-order valence-electron chi connectivity index (χ4n) is 1.61. The zero-order valence-electron chi connectivity index (χ0n) is 9.82. The molecule has 0 bridgehead atoms. The highest BCUT2D eigenvalue weighted by atomic mass is 35.5. The van der Waals surface area contributed by atoms with Gasteiger partial charge in [-0.1, -0.05) is 52.4 Å². The van der Waals surface area contributed by atoms with Crippen LogP contribution >= 0.6 is 23.2 Å². The van der Waals surface area contributed by atoms with Crippen LogP contribution in [0.2, 0.25) is 0 Å². The molecule has 0 aromatic rings. The molecule has 0 spiro atoms. The van der Waals surface area contributed by atoms with Gasteiger partial charge in [-0.3, -0.25) is 4.79 Å². The van der Waals surface area contributed by atoms with Gasteiger partial charge in [-0.05, 0) is 24.4 Å². The molecule has 0 amide bonds. The summed E-state index contributed by atoms with van der Waals surface area (Å²) in [6.07, 6.45) is 7.98. The molecule has 0 saturated heterocycles. The van der Waals surface area contributed by atoms with Crippen molar-refractivity contribution < 1.29 is 4.79 Å². The molecule has 0 N–H and O–H groups in total. The van der Waals surface area contributed by atoms with Crippen LogP contribution in [0.25, 0.3) is 0 Å². The van der Waals surface area contributed by atoms with Crippen molar-refractivity contribution in [2.75, 3.05) is 0 Å². The predicted octanol–water partition coefficient (Wildman–Crippen LogP) is 4.89. The molecule has 0 aromatic carbocycles. The molecular weight excluding hydrogens is 231 g/mol. The summed E-state index contributed by atoms with van der Waals surface area (Å²) in [4.78, 5) is 10.5. The number of alkyl halides is 1. The van der Waals surface area contributed by atoms with E-state index >= 15 is 0 Å². The quantitative estimate of drug-likeness (QED) is 0.325. The maximum Gasteiger partial charge on any atom is 0.242 e. The first kappa shape index (κ1) is 15.2. The second-order valence-corrected chi connectivity index (χ2v) is 5.22. The Morgan fingerprint density at radius 2 is 1.53 bits per heavy atom. The third-order valence-electron chi connectivity index (χ3n) is 2.71. The molecule has 0 fully saturated rings. The minimum atomic E-state index is -0.800. The number of hydrogen-bond acceptors (Lipinski definition) is 1. The number of rotatable bonds is 9. The van der Waals surface area contributed by atoms with Crippen LogP contribution in [0.5, 0.6) is 0 Å². The minimum Gasteiger partial charge on any atom is -0.279 e. The highest BCUT2D eigenvalue weighted by Gasteiger charge is 2.33. The molecule has 0 heterocycles. The molecule has 1 atom stereocenters. The van der Waals surface area contributed by atoms with Gasteiger partial charge in [0, 0.05) is 0 Å². The summed E-state index contributed by atoms with van der Waals surface area (Å²) < 4.78 is 0. The first-order valence-electron chi connectivity index (χ1n) is 5.95. The number of hydrogen-bond donors (Lipinski definition) is 0. The standard InChI is InChI=1S/C12H22Cl2O/c1-3-5-7-8-10-12(14,11(13)15)9-6-4-2/h3-10H2,1-2H3. The first-order valence-corrected chi connectivity index (χ1v) is 6.71. The maximum absolute atomic E-state index is 11.3. The Balaban J connectivity index is 3.96. The highest BCUT2D eigenvalue weighted by Crippen LogP contribution is 2.31. The van der Waals surface area contributed by atoms with Crippen LogP contribution in [0.15, 0.2) is 0 Å². The summed E-state index contributed by atoms with van der Waals surface area (Å²) >= 11 is 11.8. The van der Waals surface area contributed by atoms with E-state index < -0.39 is 4.87 Å². The smallest absolute Gasteiger partial charge is 0.242 e. The summed E-state index contributed by atoms with van der Waals surface area (Å²) in [7, 11) is 0. The fourth-order valence-corrected chi connectivity index (χ4v) is 2.07. The van der Waals surface area contributed by atoms with E-state index in [2.05, 4.69) is 13.8 Å². The summed E-state index contributed by atoms with van der Waals surface area (Å²) in [5, 5.41) is -0.380. The van der Waals surface area contributed by atoms with Gasteiger partial charge in [0.2, 0.25) is 5.24 Å². The maximum atomic E-state index is 11.3. The molecule has 0 radical (unpaired) electrons. The van der Waals surface area contributed by atoms with Crippen LogP contribution in [-0.4, -0.2) is 10.1 Å². The first-order chi connectivity index (χ1) is 7.06. The number of carbonyl (C=O) groups excluding carboxylic acids is 1. The highest BCUT2D eigenvalue weighted by molar-refractivity contribution is 6.70. The Kier molecular flexibility index (Phi) is 8.55. The second kappa shape index (κ2) is 8.41. The van der Waals surface area contributed by atoms with Crippen molar-refractivity contribution in [1.82, 2.24) is 0 Å². The average Bonchev–Trinajstić information content (AvgIpc) is 2.21. The number of carbonyl (C=O) groups is 1. The molecule has 0 saturated carbocycles. The molecular formula is C12H22Cl2O. The molecule has 90 valence electrons. The Labute approximate surface area is 104 Å². The summed E-state index contributed by atoms with van der Waals surface area (Å²) in [6.45, 7) is 4.25. The van der Waals surface area contributed by atoms with Crippen LogP contribution in [0.4, 0.5) is 0 Å². The average molecular weight is 253 g/mol. The number of unbranched alkanes of at least 4 members (excludes halogenated alkanes) is 4. The van der Waals surface area contributed by atoms with Crippen LogP contribution in [0.1, 0.15) is 65.2 Å². The van der Waals surface area contributed by atoms with E-state index in [0.29, 0.717) is 6.42 Å². The third-order valence-corrected chi connectivity index (χ3v) is 3.71. The monoisotopic (exact) mass is 252 g/mol. The van der Waals surface area contributed by atoms with Crippen molar-refractivity contribution in [2.24, 2.45) is 0 Å². The van der Waals surface area contributed by atoms with Crippen molar-refractivity contribution >= 4 is 28.4 Å². The van der Waals surface area contributed by atoms with Gasteiger partial charge in [0.1, 0.15) is 4.87 Å². The number of halogens is 2. The lowest BCUT2D eigenvalue weighted by atomic mass is 9.95. The SMILES string of the molecule is CCCCCCC(Cl)(CCCC)C(=O)Cl. The predicted molar refractivity (Wildman–Crippen MR) is 67.7 cm³/mol. The van der Waals surface area contributed by atoms with Crippen molar-refractivity contribution in [3.63, 3.8) is 0 Å². The molecule has 0 rings (SSSR count). The van der Waals surface area contributed by atoms with Crippen molar-refractivity contribution in [3.05, 3.63) is 0 Å². The van der Waals surface area contributed by atoms with Gasteiger partial charge in [0.15, 0.2) is 0 Å². The second-order valence-electron chi connectivity index (χ2n) is 4.15. The third kappa shape index (κ3) is 6.42. The van der Waals surface area contributed by atoms with Gasteiger partial charge in [-0.15, -0.1) is 11.6 Å². The Bertz CT molecular complexity index is 182. The lowest BCUT2D eigenvalue weighted by molar-refractivity contribution is -0.114. The lowest BCUT2D eigenvalue weighted by Gasteiger charge is -2.22. The van der Waals surface area contributed by atoms with E-state index in [1.165, 1.54) is 12.8 Å². The van der Waals surface area contributed by atoms with E-state index in [1.807, 2.05) is 0 Å². The Hall–Kier alpha value is 0.250.